The SMILES string of the molecule is COc1cc(C(=O)NCCN(C)C)c(Cl)cc1Nc1ncc(Cl)c(N[C@@H]2CCCC[C@H]2N(C)SC)n1. The van der Waals surface area contributed by atoms with Crippen molar-refractivity contribution in [2.75, 3.05) is 58.2 Å². The maximum Gasteiger partial charge on any atom is 0.252 e. The molecule has 0 unspecified atom stereocenters. The number of anilines is 3. The number of amides is 1. The van der Waals surface area contributed by atoms with Crippen molar-refractivity contribution in [2.45, 2.75) is 37.8 Å². The van der Waals surface area contributed by atoms with E-state index in [9.17, 15) is 4.79 Å². The number of carbonyl (C=O) groups is 1. The summed E-state index contributed by atoms with van der Waals surface area (Å²) in [6.45, 7) is 1.23. The fourth-order valence-corrected chi connectivity index (χ4v) is 5.08. The van der Waals surface area contributed by atoms with Gasteiger partial charge in [0.05, 0.1) is 29.6 Å². The molecule has 12 heteroatoms. The van der Waals surface area contributed by atoms with E-state index in [-0.39, 0.29) is 17.0 Å². The molecule has 0 spiro atoms. The first-order valence-electron chi connectivity index (χ1n) is 11.9. The van der Waals surface area contributed by atoms with Crippen LogP contribution in [0.15, 0.2) is 18.3 Å². The maximum absolute atomic E-state index is 12.6. The van der Waals surface area contributed by atoms with Gasteiger partial charge in [-0.2, -0.15) is 4.98 Å². The summed E-state index contributed by atoms with van der Waals surface area (Å²) in [6.07, 6.45) is 8.18. The summed E-state index contributed by atoms with van der Waals surface area (Å²) in [5.41, 5.74) is 0.872. The number of halogens is 2. The Bertz CT molecular complexity index is 1040. The fourth-order valence-electron chi connectivity index (χ4n) is 4.16. The number of likely N-dealkylation sites (N-methyl/N-ethyl adjacent to an activating group) is 2. The van der Waals surface area contributed by atoms with Crippen LogP contribution >= 0.6 is 35.1 Å². The Balaban J connectivity index is 1.78. The number of carbonyl (C=O) groups excluding carboxylic acids is 1. The quantitative estimate of drug-likeness (QED) is 0.339. The molecule has 0 aliphatic heterocycles. The van der Waals surface area contributed by atoms with Gasteiger partial charge in [-0.05, 0) is 52.4 Å². The van der Waals surface area contributed by atoms with Gasteiger partial charge in [-0.25, -0.2) is 9.29 Å². The van der Waals surface area contributed by atoms with Crippen molar-refractivity contribution < 1.29 is 9.53 Å². The van der Waals surface area contributed by atoms with Gasteiger partial charge < -0.3 is 25.6 Å². The van der Waals surface area contributed by atoms with Crippen molar-refractivity contribution >= 4 is 58.5 Å². The molecule has 1 saturated carbocycles. The molecule has 0 saturated heterocycles. The predicted octanol–water partition coefficient (Wildman–Crippen LogP) is 4.76. The second kappa shape index (κ2) is 13.5. The standard InChI is InChI=1S/C24H35Cl2N7O2S/c1-32(2)11-10-27-23(34)15-12-21(35-4)19(13-16(15)25)30-24-28-14-17(26)22(31-24)29-18-8-6-7-9-20(18)33(3)36-5/h12-14,18,20H,6-11H2,1-5H3,(H,27,34)(H2,28,29,30,31)/t18-,20-/m1/s1. The van der Waals surface area contributed by atoms with E-state index in [2.05, 4.69) is 43.5 Å². The van der Waals surface area contributed by atoms with Crippen LogP contribution < -0.4 is 20.7 Å². The number of hydrogen-bond donors (Lipinski definition) is 3. The summed E-state index contributed by atoms with van der Waals surface area (Å²) in [7, 11) is 7.53. The number of benzene rings is 1. The summed E-state index contributed by atoms with van der Waals surface area (Å²) >= 11 is 14.6. The lowest BCUT2D eigenvalue weighted by molar-refractivity contribution is 0.0951. The lowest BCUT2D eigenvalue weighted by atomic mass is 9.90. The van der Waals surface area contributed by atoms with Crippen molar-refractivity contribution in [3.8, 4) is 5.75 Å². The molecule has 2 aromatic rings. The third-order valence-corrected chi connectivity index (χ3v) is 7.61. The van der Waals surface area contributed by atoms with Crippen molar-refractivity contribution in [1.29, 1.82) is 0 Å². The molecule has 2 atom stereocenters. The molecule has 1 aliphatic rings. The number of nitrogens with zero attached hydrogens (tertiary/aromatic N) is 4. The van der Waals surface area contributed by atoms with Crippen LogP contribution in [0.4, 0.5) is 17.5 Å². The Labute approximate surface area is 227 Å². The minimum Gasteiger partial charge on any atom is -0.495 e. The van der Waals surface area contributed by atoms with Gasteiger partial charge >= 0.3 is 0 Å². The van der Waals surface area contributed by atoms with Gasteiger partial charge in [0.2, 0.25) is 5.95 Å². The highest BCUT2D eigenvalue weighted by Gasteiger charge is 2.29. The van der Waals surface area contributed by atoms with E-state index in [4.69, 9.17) is 27.9 Å². The van der Waals surface area contributed by atoms with E-state index in [1.807, 2.05) is 19.0 Å². The number of rotatable bonds is 11. The van der Waals surface area contributed by atoms with Gasteiger partial charge in [0.1, 0.15) is 10.8 Å². The van der Waals surface area contributed by atoms with Crippen LogP contribution in [0.5, 0.6) is 5.75 Å². The summed E-state index contributed by atoms with van der Waals surface area (Å²) in [4.78, 5) is 23.5. The van der Waals surface area contributed by atoms with Crippen LogP contribution in [0, 0.1) is 0 Å². The van der Waals surface area contributed by atoms with Crippen LogP contribution in [0.25, 0.3) is 0 Å². The monoisotopic (exact) mass is 555 g/mol. The third kappa shape index (κ3) is 7.52. The molecule has 198 valence electrons. The van der Waals surface area contributed by atoms with Crippen molar-refractivity contribution in [3.63, 3.8) is 0 Å². The highest BCUT2D eigenvalue weighted by Crippen LogP contribution is 2.34. The van der Waals surface area contributed by atoms with E-state index in [1.54, 1.807) is 30.3 Å². The van der Waals surface area contributed by atoms with Crippen LogP contribution in [0.3, 0.4) is 0 Å². The Morgan fingerprint density at radius 1 is 1.19 bits per heavy atom. The Hall–Kier alpha value is -1.98. The number of hydrogen-bond acceptors (Lipinski definition) is 9. The molecular formula is C24H35Cl2N7O2S. The first-order valence-corrected chi connectivity index (χ1v) is 13.8. The van der Waals surface area contributed by atoms with Crippen LogP contribution in [0.1, 0.15) is 36.0 Å². The zero-order valence-corrected chi connectivity index (χ0v) is 23.7. The second-order valence-electron chi connectivity index (χ2n) is 8.94. The molecule has 3 N–H and O–H groups in total. The molecule has 3 rings (SSSR count). The van der Waals surface area contributed by atoms with Crippen molar-refractivity contribution in [3.05, 3.63) is 33.9 Å². The molecule has 1 fully saturated rings. The van der Waals surface area contributed by atoms with Gasteiger partial charge in [0.25, 0.3) is 5.91 Å². The summed E-state index contributed by atoms with van der Waals surface area (Å²) < 4.78 is 7.81. The molecule has 1 aliphatic carbocycles. The van der Waals surface area contributed by atoms with E-state index >= 15 is 0 Å². The van der Waals surface area contributed by atoms with Gasteiger partial charge in [-0.1, -0.05) is 48.0 Å². The highest BCUT2D eigenvalue weighted by molar-refractivity contribution is 7.96. The Kier molecular flexibility index (Phi) is 10.7. The van der Waals surface area contributed by atoms with Crippen molar-refractivity contribution in [2.24, 2.45) is 0 Å². The fraction of sp³-hybridized carbons (Fsp3) is 0.542. The molecule has 1 heterocycles. The summed E-state index contributed by atoms with van der Waals surface area (Å²) in [5, 5.41) is 10.3. The van der Waals surface area contributed by atoms with Crippen molar-refractivity contribution in [1.82, 2.24) is 24.5 Å². The average molecular weight is 557 g/mol. The van der Waals surface area contributed by atoms with E-state index in [0.717, 1.165) is 25.8 Å². The zero-order chi connectivity index (χ0) is 26.2. The number of aromatic nitrogens is 2. The Morgan fingerprint density at radius 3 is 2.64 bits per heavy atom. The smallest absolute Gasteiger partial charge is 0.252 e. The lowest BCUT2D eigenvalue weighted by Crippen LogP contribution is -2.44. The van der Waals surface area contributed by atoms with Gasteiger partial charge in [0, 0.05) is 25.2 Å². The van der Waals surface area contributed by atoms with Gasteiger partial charge in [-0.3, -0.25) is 4.79 Å². The average Bonchev–Trinajstić information content (AvgIpc) is 2.85. The summed E-state index contributed by atoms with van der Waals surface area (Å²) in [5.74, 6) is 1.09. The largest absolute Gasteiger partial charge is 0.495 e. The van der Waals surface area contributed by atoms with E-state index in [1.165, 1.54) is 13.5 Å². The lowest BCUT2D eigenvalue weighted by Gasteiger charge is -2.37. The third-order valence-electron chi connectivity index (χ3n) is 6.18. The molecule has 36 heavy (non-hydrogen) atoms. The maximum atomic E-state index is 12.6. The molecule has 9 nitrogen and oxygen atoms in total. The van der Waals surface area contributed by atoms with Crippen LogP contribution in [-0.4, -0.2) is 84.8 Å². The first-order chi connectivity index (χ1) is 17.2. The molecular weight excluding hydrogens is 521 g/mol. The minimum atomic E-state index is -0.266. The number of methoxy groups -OCH3 is 1. The van der Waals surface area contributed by atoms with Crippen LogP contribution in [-0.2, 0) is 0 Å². The number of nitrogens with one attached hydrogen (secondary N) is 3. The Morgan fingerprint density at radius 2 is 1.94 bits per heavy atom. The number of ether oxygens (including phenoxy) is 1. The molecule has 1 aromatic carbocycles. The molecule has 0 bridgehead atoms. The second-order valence-corrected chi connectivity index (χ2v) is 10.7. The normalized spacial score (nSPS) is 17.8. The topological polar surface area (TPSA) is 94.7 Å². The molecule has 1 aromatic heterocycles. The zero-order valence-electron chi connectivity index (χ0n) is 21.4. The van der Waals surface area contributed by atoms with E-state index < -0.39 is 0 Å². The van der Waals surface area contributed by atoms with Gasteiger partial charge in [-0.15, -0.1) is 0 Å². The predicted molar refractivity (Wildman–Crippen MR) is 150 cm³/mol. The first kappa shape index (κ1) is 28.6. The van der Waals surface area contributed by atoms with Gasteiger partial charge in [0.15, 0.2) is 5.82 Å². The van der Waals surface area contributed by atoms with E-state index in [0.29, 0.717) is 46.4 Å². The summed E-state index contributed by atoms with van der Waals surface area (Å²) in [6, 6.07) is 3.85. The minimum absolute atomic E-state index is 0.228. The molecule has 1 amide bonds. The molecule has 0 radical (unpaired) electrons. The highest BCUT2D eigenvalue weighted by atomic mass is 35.5. The van der Waals surface area contributed by atoms with Crippen LogP contribution in [0.2, 0.25) is 10.0 Å².